The minimum atomic E-state index is -0.157. The van der Waals surface area contributed by atoms with Crippen LogP contribution in [0.15, 0.2) is 42.5 Å². The van der Waals surface area contributed by atoms with Crippen LogP contribution in [0.3, 0.4) is 0 Å². The Balaban J connectivity index is 1.55. The van der Waals surface area contributed by atoms with Crippen molar-refractivity contribution in [2.24, 2.45) is 0 Å². The van der Waals surface area contributed by atoms with E-state index in [0.717, 1.165) is 35.4 Å². The summed E-state index contributed by atoms with van der Waals surface area (Å²) in [7, 11) is 2.15. The number of aryl methyl sites for hydroxylation is 1. The Morgan fingerprint density at radius 3 is 2.46 bits per heavy atom. The number of carbonyl (C=O) groups excluding carboxylic acids is 1. The molecule has 1 heterocycles. The van der Waals surface area contributed by atoms with Crippen LogP contribution in [0.5, 0.6) is 5.75 Å². The Kier molecular flexibility index (Phi) is 6.37. The van der Waals surface area contributed by atoms with E-state index in [2.05, 4.69) is 57.7 Å². The molecule has 138 valence electrons. The Bertz CT molecular complexity index is 756. The van der Waals surface area contributed by atoms with Crippen molar-refractivity contribution in [2.75, 3.05) is 50.1 Å². The summed E-state index contributed by atoms with van der Waals surface area (Å²) >= 11 is 2.24. The predicted molar refractivity (Wildman–Crippen MR) is 114 cm³/mol. The highest BCUT2D eigenvalue weighted by Gasteiger charge is 2.16. The summed E-state index contributed by atoms with van der Waals surface area (Å²) in [5.41, 5.74) is 3.22. The van der Waals surface area contributed by atoms with Crippen molar-refractivity contribution in [3.05, 3.63) is 51.6 Å². The van der Waals surface area contributed by atoms with Crippen molar-refractivity contribution in [3.8, 4) is 5.75 Å². The van der Waals surface area contributed by atoms with Crippen LogP contribution in [0.1, 0.15) is 5.56 Å². The topological polar surface area (TPSA) is 44.8 Å². The summed E-state index contributed by atoms with van der Waals surface area (Å²) in [6.45, 7) is 6.31. The van der Waals surface area contributed by atoms with Crippen molar-refractivity contribution in [3.63, 3.8) is 0 Å². The quantitative estimate of drug-likeness (QED) is 0.689. The average Bonchev–Trinajstić information content (AvgIpc) is 2.62. The number of benzene rings is 2. The van der Waals surface area contributed by atoms with E-state index >= 15 is 0 Å². The van der Waals surface area contributed by atoms with E-state index in [1.807, 2.05) is 36.4 Å². The molecular weight excluding hydrogens is 441 g/mol. The lowest BCUT2D eigenvalue weighted by Crippen LogP contribution is -2.44. The maximum Gasteiger partial charge on any atom is 0.262 e. The van der Waals surface area contributed by atoms with E-state index in [4.69, 9.17) is 4.74 Å². The highest BCUT2D eigenvalue weighted by atomic mass is 127. The van der Waals surface area contributed by atoms with Crippen molar-refractivity contribution < 1.29 is 9.53 Å². The zero-order chi connectivity index (χ0) is 18.5. The molecule has 0 aliphatic carbocycles. The zero-order valence-electron chi connectivity index (χ0n) is 15.2. The molecule has 2 aromatic rings. The van der Waals surface area contributed by atoms with E-state index in [-0.39, 0.29) is 12.5 Å². The minimum Gasteiger partial charge on any atom is -0.484 e. The van der Waals surface area contributed by atoms with Gasteiger partial charge < -0.3 is 19.9 Å². The maximum atomic E-state index is 12.1. The summed E-state index contributed by atoms with van der Waals surface area (Å²) in [6, 6.07) is 13.7. The fourth-order valence-corrected chi connectivity index (χ4v) is 3.37. The summed E-state index contributed by atoms with van der Waals surface area (Å²) in [5.74, 6) is 0.539. The Labute approximate surface area is 168 Å². The molecule has 1 aliphatic heterocycles. The van der Waals surface area contributed by atoms with Gasteiger partial charge in [-0.1, -0.05) is 0 Å². The van der Waals surface area contributed by atoms with Gasteiger partial charge in [0.1, 0.15) is 5.75 Å². The molecule has 3 rings (SSSR count). The highest BCUT2D eigenvalue weighted by Crippen LogP contribution is 2.24. The number of amides is 1. The molecule has 1 saturated heterocycles. The molecule has 0 atom stereocenters. The lowest BCUT2D eigenvalue weighted by atomic mass is 10.1. The van der Waals surface area contributed by atoms with Crippen LogP contribution in [0.25, 0.3) is 0 Å². The van der Waals surface area contributed by atoms with Gasteiger partial charge in [-0.3, -0.25) is 4.79 Å². The number of hydrogen-bond donors (Lipinski definition) is 1. The van der Waals surface area contributed by atoms with Crippen molar-refractivity contribution in [2.45, 2.75) is 6.92 Å². The molecule has 6 heteroatoms. The first kappa shape index (κ1) is 19.0. The second kappa shape index (κ2) is 8.73. The van der Waals surface area contributed by atoms with Crippen LogP contribution in [0.2, 0.25) is 0 Å². The molecule has 0 radical (unpaired) electrons. The average molecular weight is 465 g/mol. The third-order valence-electron chi connectivity index (χ3n) is 4.51. The molecular formula is C20H24IN3O2. The van der Waals surface area contributed by atoms with Crippen LogP contribution in [0, 0.1) is 10.5 Å². The largest absolute Gasteiger partial charge is 0.484 e. The number of carbonyl (C=O) groups is 1. The fraction of sp³-hybridized carbons (Fsp3) is 0.350. The number of nitrogens with zero attached hydrogens (tertiary/aromatic N) is 2. The van der Waals surface area contributed by atoms with Crippen LogP contribution in [0.4, 0.5) is 11.4 Å². The minimum absolute atomic E-state index is 0.000148. The number of anilines is 2. The van der Waals surface area contributed by atoms with Gasteiger partial charge in [-0.15, -0.1) is 0 Å². The van der Waals surface area contributed by atoms with Crippen LogP contribution in [-0.4, -0.2) is 50.6 Å². The van der Waals surface area contributed by atoms with Gasteiger partial charge in [0.05, 0.1) is 0 Å². The first-order chi connectivity index (χ1) is 12.5. The van der Waals surface area contributed by atoms with Crippen LogP contribution in [-0.2, 0) is 4.79 Å². The number of likely N-dealkylation sites (N-methyl/N-ethyl adjacent to an activating group) is 1. The number of rotatable bonds is 5. The van der Waals surface area contributed by atoms with Gasteiger partial charge in [0, 0.05) is 41.1 Å². The third-order valence-corrected chi connectivity index (χ3v) is 5.23. The van der Waals surface area contributed by atoms with E-state index in [1.165, 1.54) is 11.3 Å². The molecule has 0 bridgehead atoms. The monoisotopic (exact) mass is 465 g/mol. The first-order valence-corrected chi connectivity index (χ1v) is 9.81. The van der Waals surface area contributed by atoms with E-state index < -0.39 is 0 Å². The van der Waals surface area contributed by atoms with Gasteiger partial charge in [0.15, 0.2) is 6.61 Å². The first-order valence-electron chi connectivity index (χ1n) is 8.73. The lowest BCUT2D eigenvalue weighted by molar-refractivity contribution is -0.118. The van der Waals surface area contributed by atoms with Gasteiger partial charge in [-0.05, 0) is 84.6 Å². The molecule has 26 heavy (non-hydrogen) atoms. The smallest absolute Gasteiger partial charge is 0.262 e. The molecule has 5 nitrogen and oxygen atoms in total. The van der Waals surface area contributed by atoms with Gasteiger partial charge >= 0.3 is 0 Å². The molecule has 1 fully saturated rings. The second-order valence-electron chi connectivity index (χ2n) is 6.58. The zero-order valence-corrected chi connectivity index (χ0v) is 17.3. The molecule has 0 saturated carbocycles. The molecule has 1 amide bonds. The second-order valence-corrected chi connectivity index (χ2v) is 7.83. The van der Waals surface area contributed by atoms with E-state index in [1.54, 1.807) is 0 Å². The van der Waals surface area contributed by atoms with Crippen molar-refractivity contribution in [1.82, 2.24) is 4.90 Å². The van der Waals surface area contributed by atoms with Gasteiger partial charge in [-0.25, -0.2) is 0 Å². The van der Waals surface area contributed by atoms with Gasteiger partial charge in [0.2, 0.25) is 0 Å². The van der Waals surface area contributed by atoms with Crippen molar-refractivity contribution in [1.29, 1.82) is 0 Å². The summed E-state index contributed by atoms with van der Waals surface area (Å²) < 4.78 is 6.66. The van der Waals surface area contributed by atoms with E-state index in [0.29, 0.717) is 5.75 Å². The molecule has 2 aromatic carbocycles. The Morgan fingerprint density at radius 1 is 1.12 bits per heavy atom. The van der Waals surface area contributed by atoms with Gasteiger partial charge in [0.25, 0.3) is 5.91 Å². The summed E-state index contributed by atoms with van der Waals surface area (Å²) in [6.07, 6.45) is 0. The molecule has 0 aromatic heterocycles. The number of hydrogen-bond acceptors (Lipinski definition) is 4. The fourth-order valence-electron chi connectivity index (χ4n) is 3.01. The molecule has 0 spiro atoms. The Hall–Kier alpha value is -1.80. The van der Waals surface area contributed by atoms with Gasteiger partial charge in [-0.2, -0.15) is 0 Å². The summed E-state index contributed by atoms with van der Waals surface area (Å²) in [4.78, 5) is 16.9. The standard InChI is InChI=1S/C20H24IN3O2/c1-15-13-17(5-8-19(15)24-11-9-23(2)10-12-24)22-20(25)14-26-18-6-3-16(21)4-7-18/h3-8,13H,9-12,14H2,1-2H3,(H,22,25). The SMILES string of the molecule is Cc1cc(NC(=O)COc2ccc(I)cc2)ccc1N1CCN(C)CC1. The number of nitrogens with one attached hydrogen (secondary N) is 1. The molecule has 1 N–H and O–H groups in total. The summed E-state index contributed by atoms with van der Waals surface area (Å²) in [5, 5.41) is 2.91. The normalized spacial score (nSPS) is 15.0. The number of halogens is 1. The number of piperazine rings is 1. The van der Waals surface area contributed by atoms with E-state index in [9.17, 15) is 4.79 Å². The van der Waals surface area contributed by atoms with Crippen LogP contribution < -0.4 is 15.0 Å². The molecule has 1 aliphatic rings. The third kappa shape index (κ3) is 5.11. The highest BCUT2D eigenvalue weighted by molar-refractivity contribution is 14.1. The van der Waals surface area contributed by atoms with Crippen LogP contribution >= 0.6 is 22.6 Å². The number of ether oxygens (including phenoxy) is 1. The van der Waals surface area contributed by atoms with Crippen molar-refractivity contribution >= 4 is 39.9 Å². The maximum absolute atomic E-state index is 12.1. The lowest BCUT2D eigenvalue weighted by Gasteiger charge is -2.35. The Morgan fingerprint density at radius 2 is 1.81 bits per heavy atom. The molecule has 0 unspecified atom stereocenters. The predicted octanol–water partition coefficient (Wildman–Crippen LogP) is 3.37.